The van der Waals surface area contributed by atoms with Gasteiger partial charge >= 0.3 is 0 Å². The topological polar surface area (TPSA) is 107 Å². The maximum atomic E-state index is 13.2. The number of nitrogens with zero attached hydrogens (tertiary/aromatic N) is 1. The van der Waals surface area contributed by atoms with E-state index in [4.69, 9.17) is 18.9 Å². The molecule has 3 aliphatic rings. The Morgan fingerprint density at radius 1 is 0.907 bits per heavy atom. The van der Waals surface area contributed by atoms with Crippen molar-refractivity contribution in [3.8, 4) is 0 Å². The predicted molar refractivity (Wildman–Crippen MR) is 160 cm³/mol. The van der Waals surface area contributed by atoms with E-state index in [1.165, 1.54) is 6.92 Å². The molecule has 0 radical (unpaired) electrons. The first kappa shape index (κ1) is 29.6. The number of rotatable bonds is 8. The van der Waals surface area contributed by atoms with Gasteiger partial charge in [0.1, 0.15) is 0 Å². The third-order valence-electron chi connectivity index (χ3n) is 8.46. The Morgan fingerprint density at radius 3 is 2.35 bits per heavy atom. The molecule has 3 aromatic carbocycles. The van der Waals surface area contributed by atoms with Gasteiger partial charge < -0.3 is 34.3 Å². The van der Waals surface area contributed by atoms with Crippen LogP contribution >= 0.6 is 0 Å². The summed E-state index contributed by atoms with van der Waals surface area (Å²) in [6.07, 6.45) is 1.34. The molecule has 3 saturated heterocycles. The zero-order valence-corrected chi connectivity index (χ0v) is 24.4. The smallest absolute Gasteiger partial charge is 0.255 e. The van der Waals surface area contributed by atoms with Gasteiger partial charge in [0.2, 0.25) is 0 Å². The number of hydrogen-bond donors (Lipinski definition) is 2. The van der Waals surface area contributed by atoms with Crippen LogP contribution < -0.4 is 5.32 Å². The lowest BCUT2D eigenvalue weighted by atomic mass is 9.98. The maximum absolute atomic E-state index is 13.2. The van der Waals surface area contributed by atoms with E-state index in [1.807, 2.05) is 36.4 Å². The van der Waals surface area contributed by atoms with Gasteiger partial charge in [-0.15, -0.1) is 0 Å². The summed E-state index contributed by atoms with van der Waals surface area (Å²) in [6.45, 7) is 5.26. The van der Waals surface area contributed by atoms with Crippen LogP contribution in [0.4, 0.5) is 5.69 Å². The molecule has 0 saturated carbocycles. The summed E-state index contributed by atoms with van der Waals surface area (Å²) in [6, 6.07) is 22.0. The summed E-state index contributed by atoms with van der Waals surface area (Å²) in [5, 5.41) is 12.4. The quantitative estimate of drug-likeness (QED) is 0.355. The molecule has 3 aliphatic heterocycles. The number of aliphatic hydroxyl groups excluding tert-OH is 1. The molecule has 3 unspecified atom stereocenters. The summed E-state index contributed by atoms with van der Waals surface area (Å²) >= 11 is 0. The van der Waals surface area contributed by atoms with Crippen LogP contribution in [-0.4, -0.2) is 66.4 Å². The van der Waals surface area contributed by atoms with Gasteiger partial charge in [-0.2, -0.15) is 0 Å². The highest BCUT2D eigenvalue weighted by Crippen LogP contribution is 2.39. The minimum atomic E-state index is -0.673. The number of benzene rings is 3. The largest absolute Gasteiger partial charge is 0.392 e. The SMILES string of the molecule is CC(=O)c1cccc(NC(=O)c2cccc(C3OC(CN4CCC5(CC4)OCCO5)CC(c4ccc(CO)cc4)O3)c2)c1. The van der Waals surface area contributed by atoms with E-state index >= 15 is 0 Å². The minimum absolute atomic E-state index is 0.0159. The van der Waals surface area contributed by atoms with Gasteiger partial charge in [0.25, 0.3) is 5.91 Å². The number of likely N-dealkylation sites (tertiary alicyclic amines) is 1. The number of hydrogen-bond acceptors (Lipinski definition) is 8. The summed E-state index contributed by atoms with van der Waals surface area (Å²) < 4.78 is 24.9. The molecule has 1 amide bonds. The van der Waals surface area contributed by atoms with E-state index in [1.54, 1.807) is 36.4 Å². The van der Waals surface area contributed by atoms with Crippen LogP contribution in [-0.2, 0) is 25.6 Å². The molecular weight excluding hydrogens is 548 g/mol. The molecular formula is C34H38N2O7. The summed E-state index contributed by atoms with van der Waals surface area (Å²) in [7, 11) is 0. The van der Waals surface area contributed by atoms with Crippen molar-refractivity contribution in [2.24, 2.45) is 0 Å². The first-order valence-corrected chi connectivity index (χ1v) is 14.9. The van der Waals surface area contributed by atoms with Crippen molar-refractivity contribution in [1.82, 2.24) is 4.90 Å². The van der Waals surface area contributed by atoms with E-state index in [0.29, 0.717) is 36.4 Å². The Bertz CT molecular complexity index is 1430. The van der Waals surface area contributed by atoms with Crippen molar-refractivity contribution < 1.29 is 33.6 Å². The second kappa shape index (κ2) is 13.1. The number of piperidine rings is 1. The zero-order valence-electron chi connectivity index (χ0n) is 24.4. The van der Waals surface area contributed by atoms with Crippen molar-refractivity contribution in [2.75, 3.05) is 38.2 Å². The first-order chi connectivity index (χ1) is 20.9. The lowest BCUT2D eigenvalue weighted by Gasteiger charge is -2.41. The Kier molecular flexibility index (Phi) is 8.99. The fraction of sp³-hybridized carbons (Fsp3) is 0.412. The van der Waals surface area contributed by atoms with E-state index < -0.39 is 12.1 Å². The summed E-state index contributed by atoms with van der Waals surface area (Å²) in [4.78, 5) is 27.4. The number of nitrogens with one attached hydrogen (secondary N) is 1. The third-order valence-corrected chi connectivity index (χ3v) is 8.46. The van der Waals surface area contributed by atoms with Crippen LogP contribution in [0.15, 0.2) is 72.8 Å². The van der Waals surface area contributed by atoms with E-state index in [-0.39, 0.29) is 30.5 Å². The second-order valence-electron chi connectivity index (χ2n) is 11.5. The highest BCUT2D eigenvalue weighted by molar-refractivity contribution is 6.05. The van der Waals surface area contributed by atoms with E-state index in [0.717, 1.165) is 49.2 Å². The molecule has 3 aromatic rings. The number of Topliss-reactive ketones (excluding diaryl/α,β-unsaturated/α-hetero) is 1. The van der Waals surface area contributed by atoms with Crippen molar-refractivity contribution in [1.29, 1.82) is 0 Å². The number of carbonyl (C=O) groups excluding carboxylic acids is 2. The molecule has 0 aliphatic carbocycles. The summed E-state index contributed by atoms with van der Waals surface area (Å²) in [5.41, 5.74) is 4.15. The van der Waals surface area contributed by atoms with Gasteiger partial charge in [-0.1, -0.05) is 48.5 Å². The van der Waals surface area contributed by atoms with Crippen LogP contribution in [0.5, 0.6) is 0 Å². The van der Waals surface area contributed by atoms with Gasteiger partial charge in [0.15, 0.2) is 17.9 Å². The normalized spacial score (nSPS) is 23.7. The molecule has 43 heavy (non-hydrogen) atoms. The van der Waals surface area contributed by atoms with Crippen molar-refractivity contribution in [2.45, 2.75) is 57.1 Å². The lowest BCUT2D eigenvalue weighted by Crippen LogP contribution is -2.48. The summed E-state index contributed by atoms with van der Waals surface area (Å²) in [5.74, 6) is -0.783. The molecule has 6 rings (SSSR count). The van der Waals surface area contributed by atoms with Crippen LogP contribution in [0, 0.1) is 0 Å². The fourth-order valence-corrected chi connectivity index (χ4v) is 6.03. The standard InChI is InChI=1S/C34H38N2O7/c1-23(38)26-4-3-7-29(19-26)35-32(39)27-5-2-6-28(18-27)33-42-30(20-31(43-33)25-10-8-24(22-37)9-11-25)21-36-14-12-34(13-15-36)40-16-17-41-34/h2-11,18-19,30-31,33,37H,12-17,20-22H2,1H3,(H,35,39). The van der Waals surface area contributed by atoms with Gasteiger partial charge in [-0.05, 0) is 42.3 Å². The fourth-order valence-electron chi connectivity index (χ4n) is 6.03. The molecule has 9 nitrogen and oxygen atoms in total. The van der Waals surface area contributed by atoms with Crippen molar-refractivity contribution in [3.05, 3.63) is 101 Å². The van der Waals surface area contributed by atoms with Crippen LogP contribution in [0.3, 0.4) is 0 Å². The van der Waals surface area contributed by atoms with E-state index in [9.17, 15) is 14.7 Å². The van der Waals surface area contributed by atoms with Gasteiger partial charge in [0, 0.05) is 61.3 Å². The first-order valence-electron chi connectivity index (χ1n) is 14.9. The molecule has 0 aromatic heterocycles. The predicted octanol–water partition coefficient (Wildman–Crippen LogP) is 5.02. The van der Waals surface area contributed by atoms with E-state index in [2.05, 4.69) is 10.2 Å². The third kappa shape index (κ3) is 7.04. The maximum Gasteiger partial charge on any atom is 0.255 e. The number of aliphatic hydroxyl groups is 1. The van der Waals surface area contributed by atoms with Gasteiger partial charge in [0.05, 0.1) is 32.0 Å². The number of anilines is 1. The average molecular weight is 587 g/mol. The molecule has 2 N–H and O–H groups in total. The molecule has 226 valence electrons. The zero-order chi connectivity index (χ0) is 29.8. The average Bonchev–Trinajstić information content (AvgIpc) is 3.50. The van der Waals surface area contributed by atoms with Gasteiger partial charge in [-0.25, -0.2) is 0 Å². The number of ether oxygens (including phenoxy) is 4. The van der Waals surface area contributed by atoms with Crippen molar-refractivity contribution in [3.63, 3.8) is 0 Å². The lowest BCUT2D eigenvalue weighted by molar-refractivity contribution is -0.255. The van der Waals surface area contributed by atoms with Crippen LogP contribution in [0.25, 0.3) is 0 Å². The molecule has 0 bridgehead atoms. The molecule has 3 atom stereocenters. The highest BCUT2D eigenvalue weighted by atomic mass is 16.7. The Balaban J connectivity index is 1.19. The number of amides is 1. The number of ketones is 1. The molecule has 3 heterocycles. The molecule has 3 fully saturated rings. The molecule has 9 heteroatoms. The Morgan fingerprint density at radius 2 is 1.63 bits per heavy atom. The van der Waals surface area contributed by atoms with Gasteiger partial charge in [-0.3, -0.25) is 9.59 Å². The number of carbonyl (C=O) groups is 2. The van der Waals surface area contributed by atoms with Crippen LogP contribution in [0.2, 0.25) is 0 Å². The van der Waals surface area contributed by atoms with Crippen LogP contribution in [0.1, 0.15) is 76.0 Å². The highest BCUT2D eigenvalue weighted by Gasteiger charge is 2.41. The monoisotopic (exact) mass is 586 g/mol. The van der Waals surface area contributed by atoms with Crippen molar-refractivity contribution >= 4 is 17.4 Å². The second-order valence-corrected chi connectivity index (χ2v) is 11.5. The minimum Gasteiger partial charge on any atom is -0.392 e. The molecule has 1 spiro atoms. The Labute approximate surface area is 251 Å². The Hall–Kier alpha value is -3.44.